The molecule has 0 spiro atoms. The molecular formula is C25H25ClN6O2S. The van der Waals surface area contributed by atoms with Gasteiger partial charge >= 0.3 is 6.09 Å². The quantitative estimate of drug-likeness (QED) is 0.367. The third kappa shape index (κ3) is 5.21. The number of hydrogen-bond acceptors (Lipinski definition) is 6. The molecule has 2 aromatic heterocycles. The summed E-state index contributed by atoms with van der Waals surface area (Å²) in [6.07, 6.45) is 1.92. The Morgan fingerprint density at radius 1 is 1.20 bits per heavy atom. The highest BCUT2D eigenvalue weighted by molar-refractivity contribution is 7.99. The SMILES string of the molecule is CC(C)(C)OC(=O)NC(Cc1c[nH]c2ccccc12)c1nnc2n1N=C(c1ccc(Cl)cc1)CS2. The van der Waals surface area contributed by atoms with Gasteiger partial charge in [-0.2, -0.15) is 9.78 Å². The molecule has 4 aromatic rings. The Labute approximate surface area is 212 Å². The van der Waals surface area contributed by atoms with Crippen LogP contribution in [0.1, 0.15) is 43.8 Å². The number of thioether (sulfide) groups is 1. The lowest BCUT2D eigenvalue weighted by molar-refractivity contribution is 0.0500. The molecule has 180 valence electrons. The maximum absolute atomic E-state index is 12.8. The molecule has 1 atom stereocenters. The molecule has 5 rings (SSSR count). The first-order valence-corrected chi connectivity index (χ1v) is 12.6. The molecule has 0 radical (unpaired) electrons. The topological polar surface area (TPSA) is 97.2 Å². The van der Waals surface area contributed by atoms with E-state index in [9.17, 15) is 4.79 Å². The number of carbonyl (C=O) groups excluding carboxylic acids is 1. The molecule has 3 heterocycles. The van der Waals surface area contributed by atoms with E-state index in [2.05, 4.69) is 26.6 Å². The number of amides is 1. The van der Waals surface area contributed by atoms with Crippen LogP contribution in [0.2, 0.25) is 5.02 Å². The third-order valence-corrected chi connectivity index (χ3v) is 6.66. The van der Waals surface area contributed by atoms with E-state index in [-0.39, 0.29) is 0 Å². The van der Waals surface area contributed by atoms with Crippen LogP contribution in [0.3, 0.4) is 0 Å². The van der Waals surface area contributed by atoms with Crippen molar-refractivity contribution in [2.24, 2.45) is 5.10 Å². The van der Waals surface area contributed by atoms with Crippen LogP contribution < -0.4 is 5.32 Å². The molecule has 0 bridgehead atoms. The lowest BCUT2D eigenvalue weighted by Crippen LogP contribution is -2.37. The van der Waals surface area contributed by atoms with E-state index in [1.54, 1.807) is 16.4 Å². The van der Waals surface area contributed by atoms with Crippen LogP contribution in [0.4, 0.5) is 4.79 Å². The number of rotatable bonds is 5. The number of nitrogens with zero attached hydrogens (tertiary/aromatic N) is 4. The van der Waals surface area contributed by atoms with Crippen LogP contribution in [0.15, 0.2) is 65.0 Å². The zero-order valence-corrected chi connectivity index (χ0v) is 21.2. The summed E-state index contributed by atoms with van der Waals surface area (Å²) in [4.78, 5) is 16.1. The van der Waals surface area contributed by atoms with Gasteiger partial charge < -0.3 is 15.0 Å². The number of carbonyl (C=O) groups is 1. The molecular weight excluding hydrogens is 484 g/mol. The van der Waals surface area contributed by atoms with Crippen LogP contribution in [0, 0.1) is 0 Å². The molecule has 0 aliphatic carbocycles. The molecule has 1 amide bonds. The van der Waals surface area contributed by atoms with Crippen molar-refractivity contribution in [1.82, 2.24) is 25.2 Å². The Morgan fingerprint density at radius 3 is 2.74 bits per heavy atom. The Bertz CT molecular complexity index is 1400. The maximum atomic E-state index is 12.8. The second kappa shape index (κ2) is 9.39. The largest absolute Gasteiger partial charge is 0.444 e. The van der Waals surface area contributed by atoms with Gasteiger partial charge in [-0.3, -0.25) is 0 Å². The number of nitrogens with one attached hydrogen (secondary N) is 2. The first-order valence-electron chi connectivity index (χ1n) is 11.2. The molecule has 2 aromatic carbocycles. The highest BCUT2D eigenvalue weighted by Crippen LogP contribution is 2.30. The number of ether oxygens (including phenoxy) is 1. The average Bonchev–Trinajstić information content (AvgIpc) is 3.42. The summed E-state index contributed by atoms with van der Waals surface area (Å²) in [7, 11) is 0. The minimum atomic E-state index is -0.630. The number of benzene rings is 2. The molecule has 1 aliphatic heterocycles. The van der Waals surface area contributed by atoms with Gasteiger partial charge in [-0.05, 0) is 50.1 Å². The van der Waals surface area contributed by atoms with E-state index in [4.69, 9.17) is 21.4 Å². The van der Waals surface area contributed by atoms with Crippen LogP contribution in [0.25, 0.3) is 10.9 Å². The van der Waals surface area contributed by atoms with Gasteiger partial charge in [-0.1, -0.05) is 53.7 Å². The monoisotopic (exact) mass is 508 g/mol. The molecule has 2 N–H and O–H groups in total. The number of hydrogen-bond donors (Lipinski definition) is 2. The molecule has 0 saturated carbocycles. The summed E-state index contributed by atoms with van der Waals surface area (Å²) >= 11 is 7.61. The fraction of sp³-hybridized carbons (Fsp3) is 0.280. The predicted molar refractivity (Wildman–Crippen MR) is 138 cm³/mol. The molecule has 10 heteroatoms. The second-order valence-electron chi connectivity index (χ2n) is 9.26. The van der Waals surface area contributed by atoms with Crippen LogP contribution >= 0.6 is 23.4 Å². The summed E-state index contributed by atoms with van der Waals surface area (Å²) in [5.41, 5.74) is 3.30. The fourth-order valence-corrected chi connectivity index (χ4v) is 4.89. The van der Waals surface area contributed by atoms with Gasteiger partial charge in [0.25, 0.3) is 0 Å². The number of para-hydroxylation sites is 1. The van der Waals surface area contributed by atoms with Crippen LogP contribution in [-0.2, 0) is 11.2 Å². The van der Waals surface area contributed by atoms with E-state index in [0.717, 1.165) is 27.7 Å². The Morgan fingerprint density at radius 2 is 1.97 bits per heavy atom. The van der Waals surface area contributed by atoms with Crippen molar-refractivity contribution in [2.45, 2.75) is 44.0 Å². The minimum Gasteiger partial charge on any atom is -0.444 e. The second-order valence-corrected chi connectivity index (χ2v) is 10.6. The highest BCUT2D eigenvalue weighted by Gasteiger charge is 2.29. The highest BCUT2D eigenvalue weighted by atomic mass is 35.5. The number of halogens is 1. The van der Waals surface area contributed by atoms with Crippen molar-refractivity contribution in [2.75, 3.05) is 5.75 Å². The van der Waals surface area contributed by atoms with E-state index in [1.165, 1.54) is 0 Å². The van der Waals surface area contributed by atoms with E-state index >= 15 is 0 Å². The Kier molecular flexibility index (Phi) is 6.29. The third-order valence-electron chi connectivity index (χ3n) is 5.47. The van der Waals surface area contributed by atoms with E-state index in [1.807, 2.05) is 69.4 Å². The van der Waals surface area contributed by atoms with Gasteiger partial charge in [0.2, 0.25) is 5.16 Å². The molecule has 35 heavy (non-hydrogen) atoms. The zero-order chi connectivity index (χ0) is 24.6. The zero-order valence-electron chi connectivity index (χ0n) is 19.6. The Hall–Kier alpha value is -3.30. The summed E-state index contributed by atoms with van der Waals surface area (Å²) < 4.78 is 7.27. The van der Waals surface area contributed by atoms with Gasteiger partial charge in [0.1, 0.15) is 5.60 Å². The standard InChI is InChI=1S/C25H25ClN6O2S/c1-25(2,3)34-24(33)28-20(12-16-13-27-19-7-5-4-6-18(16)19)22-29-30-23-32(22)31-21(14-35-23)15-8-10-17(26)11-9-15/h4-11,13,20,27H,12,14H2,1-3H3,(H,28,33). The summed E-state index contributed by atoms with van der Waals surface area (Å²) in [6, 6.07) is 15.1. The van der Waals surface area contributed by atoms with Crippen LogP contribution in [0.5, 0.6) is 0 Å². The minimum absolute atomic E-state index is 0.484. The van der Waals surface area contributed by atoms with Crippen molar-refractivity contribution < 1.29 is 9.53 Å². The van der Waals surface area contributed by atoms with Gasteiger partial charge in [0.05, 0.1) is 11.8 Å². The van der Waals surface area contributed by atoms with Crippen molar-refractivity contribution in [1.29, 1.82) is 0 Å². The lowest BCUT2D eigenvalue weighted by Gasteiger charge is -2.23. The first kappa shape index (κ1) is 23.4. The van der Waals surface area contributed by atoms with Gasteiger partial charge in [-0.25, -0.2) is 4.79 Å². The fourth-order valence-electron chi connectivity index (χ4n) is 3.92. The van der Waals surface area contributed by atoms with Gasteiger partial charge in [0, 0.05) is 34.3 Å². The van der Waals surface area contributed by atoms with Gasteiger partial charge in [0.15, 0.2) is 5.82 Å². The summed E-state index contributed by atoms with van der Waals surface area (Å²) in [5.74, 6) is 1.20. The normalized spacial score (nSPS) is 14.3. The maximum Gasteiger partial charge on any atom is 0.408 e. The average molecular weight is 509 g/mol. The lowest BCUT2D eigenvalue weighted by atomic mass is 10.0. The number of H-pyrrole nitrogens is 1. The Balaban J connectivity index is 1.51. The first-order chi connectivity index (χ1) is 16.8. The predicted octanol–water partition coefficient (Wildman–Crippen LogP) is 5.58. The number of aromatic amines is 1. The molecule has 0 fully saturated rings. The summed E-state index contributed by atoms with van der Waals surface area (Å²) in [6.45, 7) is 5.50. The van der Waals surface area contributed by atoms with Crippen molar-refractivity contribution >= 4 is 46.1 Å². The summed E-state index contributed by atoms with van der Waals surface area (Å²) in [5, 5.41) is 19.0. The smallest absolute Gasteiger partial charge is 0.408 e. The van der Waals surface area contributed by atoms with Crippen molar-refractivity contribution in [3.05, 3.63) is 76.7 Å². The molecule has 1 unspecified atom stereocenters. The van der Waals surface area contributed by atoms with E-state index in [0.29, 0.717) is 28.2 Å². The molecule has 1 aliphatic rings. The van der Waals surface area contributed by atoms with E-state index < -0.39 is 17.7 Å². The molecule has 8 nitrogen and oxygen atoms in total. The van der Waals surface area contributed by atoms with Crippen molar-refractivity contribution in [3.63, 3.8) is 0 Å². The van der Waals surface area contributed by atoms with Crippen molar-refractivity contribution in [3.8, 4) is 0 Å². The number of alkyl carbamates (subject to hydrolysis) is 1. The molecule has 0 saturated heterocycles. The number of fused-ring (bicyclic) bond motifs is 2. The van der Waals surface area contributed by atoms with Gasteiger partial charge in [-0.15, -0.1) is 10.2 Å². The number of aromatic nitrogens is 4. The van der Waals surface area contributed by atoms with Crippen LogP contribution in [-0.4, -0.2) is 43.0 Å².